The highest BCUT2D eigenvalue weighted by atomic mass is 16.5. The van der Waals surface area contributed by atoms with Crippen LogP contribution in [0, 0.1) is 0 Å². The number of aromatic nitrogens is 2. The molecule has 1 aliphatic rings. The van der Waals surface area contributed by atoms with E-state index in [-0.39, 0.29) is 5.97 Å². The second kappa shape index (κ2) is 3.88. The quantitative estimate of drug-likeness (QED) is 0.729. The molecule has 0 aliphatic heterocycles. The Bertz CT molecular complexity index is 394. The van der Waals surface area contributed by atoms with Crippen LogP contribution in [0.2, 0.25) is 0 Å². The molecule has 0 N–H and O–H groups in total. The van der Waals surface area contributed by atoms with Crippen LogP contribution in [0.25, 0.3) is 0 Å². The fraction of sp³-hybridized carbons (Fsp3) is 0.727. The van der Waals surface area contributed by atoms with Crippen molar-refractivity contribution >= 4 is 5.97 Å². The zero-order valence-electron chi connectivity index (χ0n) is 9.82. The van der Waals surface area contributed by atoms with Gasteiger partial charge in [0.2, 0.25) is 5.89 Å². The minimum absolute atomic E-state index is 0.332. The number of carbonyl (C=O) groups is 1. The van der Waals surface area contributed by atoms with Crippen LogP contribution in [-0.2, 0) is 14.9 Å². The summed E-state index contributed by atoms with van der Waals surface area (Å²) < 4.78 is 10.1. The van der Waals surface area contributed by atoms with Crippen LogP contribution in [0.3, 0.4) is 0 Å². The zero-order chi connectivity index (χ0) is 11.8. The molecule has 0 saturated heterocycles. The molecule has 1 heterocycles. The highest BCUT2D eigenvalue weighted by Crippen LogP contribution is 2.39. The summed E-state index contributed by atoms with van der Waals surface area (Å²) in [5.74, 6) is 1.15. The van der Waals surface area contributed by atoms with Crippen LogP contribution >= 0.6 is 0 Å². The van der Waals surface area contributed by atoms with Gasteiger partial charge in [-0.2, -0.15) is 4.98 Å². The number of nitrogens with zero attached hydrogens (tertiary/aromatic N) is 2. The van der Waals surface area contributed by atoms with Gasteiger partial charge in [-0.25, -0.2) is 0 Å². The molecule has 88 valence electrons. The third-order valence-corrected chi connectivity index (χ3v) is 2.70. The van der Waals surface area contributed by atoms with E-state index in [2.05, 4.69) is 10.1 Å². The topological polar surface area (TPSA) is 65.2 Å². The molecule has 0 atom stereocenters. The van der Waals surface area contributed by atoms with Gasteiger partial charge in [0.25, 0.3) is 0 Å². The summed E-state index contributed by atoms with van der Waals surface area (Å²) in [5, 5.41) is 3.89. The number of esters is 1. The summed E-state index contributed by atoms with van der Waals surface area (Å²) in [4.78, 5) is 16.0. The van der Waals surface area contributed by atoms with Crippen LogP contribution < -0.4 is 0 Å². The predicted octanol–water partition coefficient (Wildman–Crippen LogP) is 1.79. The van der Waals surface area contributed by atoms with E-state index in [4.69, 9.17) is 9.26 Å². The Morgan fingerprint density at radius 1 is 1.56 bits per heavy atom. The fourth-order valence-electron chi connectivity index (χ4n) is 1.39. The maximum atomic E-state index is 11.7. The first kappa shape index (κ1) is 11.1. The van der Waals surface area contributed by atoms with E-state index in [1.165, 1.54) is 0 Å². The number of hydrogen-bond acceptors (Lipinski definition) is 5. The first-order valence-electron chi connectivity index (χ1n) is 5.57. The second-order valence-corrected chi connectivity index (χ2v) is 4.58. The van der Waals surface area contributed by atoms with E-state index in [1.807, 2.05) is 0 Å². The van der Waals surface area contributed by atoms with Crippen LogP contribution in [0.15, 0.2) is 4.52 Å². The van der Waals surface area contributed by atoms with Crippen molar-refractivity contribution < 1.29 is 14.1 Å². The van der Waals surface area contributed by atoms with Crippen LogP contribution in [-0.4, -0.2) is 22.7 Å². The molecule has 16 heavy (non-hydrogen) atoms. The summed E-state index contributed by atoms with van der Waals surface area (Å²) in [6.07, 6.45) is 2.22. The van der Waals surface area contributed by atoms with Gasteiger partial charge in [-0.1, -0.05) is 5.16 Å². The number of carbonyl (C=O) groups excluding carboxylic acids is 1. The first-order chi connectivity index (χ1) is 7.55. The maximum absolute atomic E-state index is 11.7. The molecular formula is C11H16N2O3. The van der Waals surface area contributed by atoms with Crippen molar-refractivity contribution in [2.75, 3.05) is 6.61 Å². The predicted molar refractivity (Wildman–Crippen MR) is 55.9 cm³/mol. The van der Waals surface area contributed by atoms with Gasteiger partial charge >= 0.3 is 5.97 Å². The average molecular weight is 224 g/mol. The molecule has 5 nitrogen and oxygen atoms in total. The lowest BCUT2D eigenvalue weighted by Gasteiger charge is -2.16. The lowest BCUT2D eigenvalue weighted by atomic mass is 9.94. The fourth-order valence-corrected chi connectivity index (χ4v) is 1.39. The number of hydrogen-bond donors (Lipinski definition) is 0. The molecule has 0 radical (unpaired) electrons. The van der Waals surface area contributed by atoms with Gasteiger partial charge in [0.15, 0.2) is 5.82 Å². The van der Waals surface area contributed by atoms with Gasteiger partial charge in [0, 0.05) is 5.92 Å². The van der Waals surface area contributed by atoms with E-state index in [0.29, 0.717) is 24.2 Å². The van der Waals surface area contributed by atoms with Gasteiger partial charge in [0.1, 0.15) is 5.41 Å². The Kier molecular flexibility index (Phi) is 2.69. The van der Waals surface area contributed by atoms with E-state index in [0.717, 1.165) is 12.8 Å². The smallest absolute Gasteiger partial charge is 0.321 e. The molecule has 0 bridgehead atoms. The summed E-state index contributed by atoms with van der Waals surface area (Å²) in [7, 11) is 0. The van der Waals surface area contributed by atoms with Crippen molar-refractivity contribution in [2.24, 2.45) is 0 Å². The van der Waals surface area contributed by atoms with Crippen LogP contribution in [0.5, 0.6) is 0 Å². The minimum Gasteiger partial charge on any atom is -0.465 e. The molecule has 1 aromatic rings. The van der Waals surface area contributed by atoms with Crippen LogP contribution in [0.1, 0.15) is 51.2 Å². The van der Waals surface area contributed by atoms with E-state index < -0.39 is 5.41 Å². The van der Waals surface area contributed by atoms with Crippen molar-refractivity contribution in [3.8, 4) is 0 Å². The van der Waals surface area contributed by atoms with Gasteiger partial charge in [0.05, 0.1) is 6.61 Å². The van der Waals surface area contributed by atoms with Crippen molar-refractivity contribution in [1.82, 2.24) is 10.1 Å². The Morgan fingerprint density at radius 3 is 2.81 bits per heavy atom. The molecular weight excluding hydrogens is 208 g/mol. The molecule has 0 amide bonds. The summed E-state index contributed by atoms with van der Waals surface area (Å²) in [5.41, 5.74) is -0.865. The molecule has 0 spiro atoms. The third-order valence-electron chi connectivity index (χ3n) is 2.70. The lowest BCUT2D eigenvalue weighted by Crippen LogP contribution is -2.31. The molecule has 1 aromatic heterocycles. The van der Waals surface area contributed by atoms with Crippen LogP contribution in [0.4, 0.5) is 0 Å². The molecule has 1 saturated carbocycles. The minimum atomic E-state index is -0.865. The van der Waals surface area contributed by atoms with E-state index >= 15 is 0 Å². The largest absolute Gasteiger partial charge is 0.465 e. The normalized spacial score (nSPS) is 16.2. The van der Waals surface area contributed by atoms with Gasteiger partial charge in [-0.15, -0.1) is 0 Å². The summed E-state index contributed by atoms with van der Waals surface area (Å²) in [6, 6.07) is 0. The standard InChI is InChI=1S/C11H16N2O3/c1-4-15-10(14)11(2,3)9-12-8(13-16-9)7-5-6-7/h7H,4-6H2,1-3H3. The Hall–Kier alpha value is -1.39. The van der Waals surface area contributed by atoms with Crippen molar-refractivity contribution in [3.63, 3.8) is 0 Å². The molecule has 2 rings (SSSR count). The Balaban J connectivity index is 2.16. The van der Waals surface area contributed by atoms with Crippen molar-refractivity contribution in [3.05, 3.63) is 11.7 Å². The maximum Gasteiger partial charge on any atom is 0.321 e. The van der Waals surface area contributed by atoms with E-state index in [1.54, 1.807) is 20.8 Å². The number of ether oxygens (including phenoxy) is 1. The summed E-state index contributed by atoms with van der Waals surface area (Å²) >= 11 is 0. The number of rotatable bonds is 4. The Labute approximate surface area is 94.2 Å². The molecule has 1 fully saturated rings. The molecule has 0 unspecified atom stereocenters. The SMILES string of the molecule is CCOC(=O)C(C)(C)c1nc(C2CC2)no1. The van der Waals surface area contributed by atoms with Gasteiger partial charge in [-0.3, -0.25) is 4.79 Å². The monoisotopic (exact) mass is 224 g/mol. The molecule has 0 aromatic carbocycles. The highest BCUT2D eigenvalue weighted by Gasteiger charge is 2.39. The zero-order valence-corrected chi connectivity index (χ0v) is 9.82. The summed E-state index contributed by atoms with van der Waals surface area (Å²) in [6.45, 7) is 5.59. The lowest BCUT2D eigenvalue weighted by molar-refractivity contribution is -0.149. The van der Waals surface area contributed by atoms with E-state index in [9.17, 15) is 4.79 Å². The van der Waals surface area contributed by atoms with Gasteiger partial charge in [-0.05, 0) is 33.6 Å². The third kappa shape index (κ3) is 1.94. The second-order valence-electron chi connectivity index (χ2n) is 4.58. The molecule has 1 aliphatic carbocycles. The van der Waals surface area contributed by atoms with Crippen molar-refractivity contribution in [1.29, 1.82) is 0 Å². The first-order valence-corrected chi connectivity index (χ1v) is 5.57. The molecule has 5 heteroatoms. The van der Waals surface area contributed by atoms with Gasteiger partial charge < -0.3 is 9.26 Å². The van der Waals surface area contributed by atoms with Crippen molar-refractivity contribution in [2.45, 2.75) is 44.9 Å². The average Bonchev–Trinajstić information content (AvgIpc) is 2.96. The highest BCUT2D eigenvalue weighted by molar-refractivity contribution is 5.80. The Morgan fingerprint density at radius 2 is 2.25 bits per heavy atom.